The lowest BCUT2D eigenvalue weighted by Gasteiger charge is -2.16. The maximum absolute atomic E-state index is 11.8. The molecule has 0 saturated carbocycles. The Bertz CT molecular complexity index is 586. The maximum Gasteiger partial charge on any atom is 0.277 e. The van der Waals surface area contributed by atoms with E-state index < -0.39 is 0 Å². The van der Waals surface area contributed by atoms with Gasteiger partial charge in [0.1, 0.15) is 9.88 Å². The number of hydrazine groups is 1. The number of nitrogens with two attached hydrogens (primary N) is 1. The summed E-state index contributed by atoms with van der Waals surface area (Å²) in [6.45, 7) is 6.05. The molecule has 19 heavy (non-hydrogen) atoms. The second-order valence-corrected chi connectivity index (χ2v) is 6.16. The average Bonchev–Trinajstić information content (AvgIpc) is 2.84. The van der Waals surface area contributed by atoms with Gasteiger partial charge in [-0.1, -0.05) is 20.8 Å². The van der Waals surface area contributed by atoms with Gasteiger partial charge in [0.15, 0.2) is 0 Å². The molecule has 0 spiro atoms. The fraction of sp³-hybridized carbons (Fsp3) is 0.308. The predicted octanol–water partition coefficient (Wildman–Crippen LogP) is 2.11. The summed E-state index contributed by atoms with van der Waals surface area (Å²) in [5, 5.41) is 0.775. The largest absolute Gasteiger partial charge is 0.289 e. The van der Waals surface area contributed by atoms with Crippen LogP contribution in [0.1, 0.15) is 36.1 Å². The van der Waals surface area contributed by atoms with Gasteiger partial charge in [0.05, 0.1) is 5.69 Å². The van der Waals surface area contributed by atoms with Gasteiger partial charge in [0, 0.05) is 23.4 Å². The fourth-order valence-electron chi connectivity index (χ4n) is 1.66. The van der Waals surface area contributed by atoms with Crippen LogP contribution >= 0.6 is 11.3 Å². The number of carbonyl (C=O) groups excluding carboxylic acids is 1. The molecule has 0 aliphatic heterocycles. The first kappa shape index (κ1) is 13.6. The van der Waals surface area contributed by atoms with Crippen LogP contribution in [0.4, 0.5) is 0 Å². The lowest BCUT2D eigenvalue weighted by molar-refractivity contribution is 0.0955. The number of nitrogens with zero attached hydrogens (tertiary/aromatic N) is 2. The first-order valence-corrected chi connectivity index (χ1v) is 6.68. The van der Waals surface area contributed by atoms with Gasteiger partial charge in [-0.25, -0.2) is 10.8 Å². The van der Waals surface area contributed by atoms with Crippen molar-refractivity contribution in [1.82, 2.24) is 15.4 Å². The van der Waals surface area contributed by atoms with Crippen molar-refractivity contribution < 1.29 is 4.79 Å². The van der Waals surface area contributed by atoms with Crippen LogP contribution in [0.15, 0.2) is 24.5 Å². The van der Waals surface area contributed by atoms with Gasteiger partial charge >= 0.3 is 0 Å². The number of thiazole rings is 1. The SMILES string of the molecule is CC(C)(C)c1nc(-c2cccnc2)sc1C(=O)NN. The van der Waals surface area contributed by atoms with Crippen LogP contribution < -0.4 is 11.3 Å². The summed E-state index contributed by atoms with van der Waals surface area (Å²) in [6, 6.07) is 3.76. The topological polar surface area (TPSA) is 80.9 Å². The van der Waals surface area contributed by atoms with E-state index in [0.717, 1.165) is 16.3 Å². The van der Waals surface area contributed by atoms with E-state index in [0.29, 0.717) is 4.88 Å². The van der Waals surface area contributed by atoms with E-state index in [-0.39, 0.29) is 11.3 Å². The second-order valence-electron chi connectivity index (χ2n) is 5.16. The van der Waals surface area contributed by atoms with E-state index in [4.69, 9.17) is 5.84 Å². The molecule has 2 aromatic rings. The minimum Gasteiger partial charge on any atom is -0.289 e. The molecule has 0 aliphatic carbocycles. The summed E-state index contributed by atoms with van der Waals surface area (Å²) >= 11 is 1.33. The van der Waals surface area contributed by atoms with Crippen LogP contribution in [-0.4, -0.2) is 15.9 Å². The van der Waals surface area contributed by atoms with Crippen LogP contribution in [0.25, 0.3) is 10.6 Å². The monoisotopic (exact) mass is 276 g/mol. The van der Waals surface area contributed by atoms with Crippen LogP contribution in [0.2, 0.25) is 0 Å². The van der Waals surface area contributed by atoms with Gasteiger partial charge in [-0.3, -0.25) is 15.2 Å². The summed E-state index contributed by atoms with van der Waals surface area (Å²) in [4.78, 5) is 21.0. The molecule has 0 bridgehead atoms. The minimum atomic E-state index is -0.308. The third-order valence-corrected chi connectivity index (χ3v) is 3.69. The lowest BCUT2D eigenvalue weighted by atomic mass is 9.91. The molecule has 0 atom stereocenters. The fourth-order valence-corrected chi connectivity index (χ4v) is 2.83. The Kier molecular flexibility index (Phi) is 3.64. The molecule has 0 saturated heterocycles. The van der Waals surface area contributed by atoms with E-state index in [1.807, 2.05) is 32.9 Å². The predicted molar refractivity (Wildman–Crippen MR) is 75.7 cm³/mol. The van der Waals surface area contributed by atoms with Crippen molar-refractivity contribution in [3.8, 4) is 10.6 Å². The zero-order valence-electron chi connectivity index (χ0n) is 11.1. The van der Waals surface area contributed by atoms with Crippen molar-refractivity contribution in [2.75, 3.05) is 0 Å². The molecule has 2 heterocycles. The Balaban J connectivity index is 2.55. The smallest absolute Gasteiger partial charge is 0.277 e. The molecule has 3 N–H and O–H groups in total. The molecule has 0 radical (unpaired) electrons. The Morgan fingerprint density at radius 3 is 2.68 bits per heavy atom. The Labute approximate surface area is 115 Å². The van der Waals surface area contributed by atoms with E-state index in [2.05, 4.69) is 15.4 Å². The highest BCUT2D eigenvalue weighted by atomic mass is 32.1. The zero-order chi connectivity index (χ0) is 14.0. The highest BCUT2D eigenvalue weighted by Crippen LogP contribution is 2.34. The first-order chi connectivity index (χ1) is 8.93. The van der Waals surface area contributed by atoms with Crippen molar-refractivity contribution in [3.63, 3.8) is 0 Å². The molecular formula is C13H16N4OS. The standard InChI is InChI=1S/C13H16N4OS/c1-13(2,3)10-9(11(18)17-14)19-12(16-10)8-5-4-6-15-7-8/h4-7H,14H2,1-3H3,(H,17,18). The number of nitrogens with one attached hydrogen (secondary N) is 1. The lowest BCUT2D eigenvalue weighted by Crippen LogP contribution is -2.31. The van der Waals surface area contributed by atoms with Crippen molar-refractivity contribution >= 4 is 17.2 Å². The molecule has 0 fully saturated rings. The number of rotatable bonds is 2. The summed E-state index contributed by atoms with van der Waals surface area (Å²) in [7, 11) is 0. The third-order valence-electron chi connectivity index (χ3n) is 2.58. The summed E-state index contributed by atoms with van der Waals surface area (Å²) < 4.78 is 0. The molecule has 0 aromatic carbocycles. The number of amides is 1. The molecule has 100 valence electrons. The normalized spacial score (nSPS) is 11.4. The average molecular weight is 276 g/mol. The number of hydrogen-bond acceptors (Lipinski definition) is 5. The number of carbonyl (C=O) groups is 1. The molecular weight excluding hydrogens is 260 g/mol. The summed E-state index contributed by atoms with van der Waals surface area (Å²) in [6.07, 6.45) is 3.44. The van der Waals surface area contributed by atoms with E-state index in [9.17, 15) is 4.79 Å². The Morgan fingerprint density at radius 2 is 2.16 bits per heavy atom. The van der Waals surface area contributed by atoms with Crippen LogP contribution in [-0.2, 0) is 5.41 Å². The maximum atomic E-state index is 11.8. The molecule has 6 heteroatoms. The van der Waals surface area contributed by atoms with Crippen LogP contribution in [0.3, 0.4) is 0 Å². The minimum absolute atomic E-state index is 0.223. The van der Waals surface area contributed by atoms with E-state index in [1.165, 1.54) is 11.3 Å². The number of hydrogen-bond donors (Lipinski definition) is 2. The highest BCUT2D eigenvalue weighted by molar-refractivity contribution is 7.17. The number of aromatic nitrogens is 2. The summed E-state index contributed by atoms with van der Waals surface area (Å²) in [5.74, 6) is 4.92. The molecule has 0 unspecified atom stereocenters. The van der Waals surface area contributed by atoms with Crippen LogP contribution in [0.5, 0.6) is 0 Å². The number of nitrogen functional groups attached to an aromatic ring is 1. The molecule has 5 nitrogen and oxygen atoms in total. The third kappa shape index (κ3) is 2.80. The second kappa shape index (κ2) is 5.07. The molecule has 0 aliphatic rings. The highest BCUT2D eigenvalue weighted by Gasteiger charge is 2.27. The van der Waals surface area contributed by atoms with Crippen molar-refractivity contribution in [2.45, 2.75) is 26.2 Å². The van der Waals surface area contributed by atoms with Crippen molar-refractivity contribution in [3.05, 3.63) is 35.1 Å². The van der Waals surface area contributed by atoms with Crippen LogP contribution in [0, 0.1) is 0 Å². The summed E-state index contributed by atoms with van der Waals surface area (Å²) in [5.41, 5.74) is 3.60. The van der Waals surface area contributed by atoms with Gasteiger partial charge in [-0.15, -0.1) is 11.3 Å². The van der Waals surface area contributed by atoms with Gasteiger partial charge in [-0.2, -0.15) is 0 Å². The van der Waals surface area contributed by atoms with Gasteiger partial charge in [0.2, 0.25) is 0 Å². The van der Waals surface area contributed by atoms with Crippen molar-refractivity contribution in [1.29, 1.82) is 0 Å². The van der Waals surface area contributed by atoms with Gasteiger partial charge in [0.25, 0.3) is 5.91 Å². The van der Waals surface area contributed by atoms with Gasteiger partial charge < -0.3 is 0 Å². The molecule has 2 rings (SSSR count). The number of pyridine rings is 1. The first-order valence-electron chi connectivity index (χ1n) is 5.86. The van der Waals surface area contributed by atoms with Crippen molar-refractivity contribution in [2.24, 2.45) is 5.84 Å². The molecule has 2 aromatic heterocycles. The zero-order valence-corrected chi connectivity index (χ0v) is 11.9. The van der Waals surface area contributed by atoms with Gasteiger partial charge in [-0.05, 0) is 12.1 Å². The van der Waals surface area contributed by atoms with E-state index >= 15 is 0 Å². The molecule has 1 amide bonds. The Hall–Kier alpha value is -1.79. The quantitative estimate of drug-likeness (QED) is 0.500. The Morgan fingerprint density at radius 1 is 1.42 bits per heavy atom. The van der Waals surface area contributed by atoms with E-state index in [1.54, 1.807) is 12.4 Å².